The van der Waals surface area contributed by atoms with Gasteiger partial charge in [0.05, 0.1) is 12.2 Å². The van der Waals surface area contributed by atoms with E-state index in [1.165, 1.54) is 12.8 Å². The van der Waals surface area contributed by atoms with Gasteiger partial charge in [-0.2, -0.15) is 0 Å². The van der Waals surface area contributed by atoms with Gasteiger partial charge in [-0.3, -0.25) is 9.59 Å². The van der Waals surface area contributed by atoms with Crippen LogP contribution in [0.1, 0.15) is 85.0 Å². The summed E-state index contributed by atoms with van der Waals surface area (Å²) in [5.41, 5.74) is 0.451. The molecule has 5 N–H and O–H groups in total. The van der Waals surface area contributed by atoms with Crippen LogP contribution >= 0.6 is 34.8 Å². The molecular weight excluding hydrogens is 569 g/mol. The summed E-state index contributed by atoms with van der Waals surface area (Å²) in [6.07, 6.45) is 9.06. The molecule has 0 spiro atoms. The largest absolute Gasteiger partial charge is 0.480 e. The van der Waals surface area contributed by atoms with E-state index in [-0.39, 0.29) is 35.5 Å². The van der Waals surface area contributed by atoms with Crippen molar-refractivity contribution in [2.24, 2.45) is 46.3 Å². The van der Waals surface area contributed by atoms with Gasteiger partial charge in [-0.1, -0.05) is 55.6 Å². The van der Waals surface area contributed by atoms with Gasteiger partial charge >= 0.3 is 11.9 Å². The first kappa shape index (κ1) is 32.7. The van der Waals surface area contributed by atoms with Crippen molar-refractivity contribution in [3.8, 4) is 0 Å². The number of hydrogen-bond acceptors (Lipinski definition) is 5. The molecule has 0 unspecified atom stereocenters. The predicted octanol–water partition coefficient (Wildman–Crippen LogP) is 5.04. The molecule has 39 heavy (non-hydrogen) atoms. The molecule has 0 aromatic heterocycles. The first-order chi connectivity index (χ1) is 18.0. The van der Waals surface area contributed by atoms with Crippen LogP contribution in [0.5, 0.6) is 0 Å². The lowest BCUT2D eigenvalue weighted by Gasteiger charge is -2.62. The van der Waals surface area contributed by atoms with Crippen LogP contribution in [0.15, 0.2) is 0 Å². The van der Waals surface area contributed by atoms with Crippen LogP contribution in [0.3, 0.4) is 0 Å². The summed E-state index contributed by atoms with van der Waals surface area (Å²) >= 11 is 14.4. The second-order valence-electron chi connectivity index (χ2n) is 12.9. The van der Waals surface area contributed by atoms with E-state index in [9.17, 15) is 24.6 Å². The van der Waals surface area contributed by atoms with Gasteiger partial charge in [0.25, 0.3) is 3.79 Å². The molecule has 4 fully saturated rings. The van der Waals surface area contributed by atoms with E-state index in [4.69, 9.17) is 45.0 Å². The molecule has 10 atom stereocenters. The molecule has 224 valence electrons. The molecule has 8 nitrogen and oxygen atoms in total. The third kappa shape index (κ3) is 7.17. The number of rotatable bonds is 6. The molecule has 0 aromatic carbocycles. The summed E-state index contributed by atoms with van der Waals surface area (Å²) < 4.78 is -2.17. The number of aliphatic hydroxyl groups excluding tert-OH is 2. The zero-order valence-electron chi connectivity index (χ0n) is 23.0. The summed E-state index contributed by atoms with van der Waals surface area (Å²) in [6, 6.07) is 0. The number of carbonyl (C=O) groups is 3. The Morgan fingerprint density at radius 3 is 2.13 bits per heavy atom. The Kier molecular flexibility index (Phi) is 10.6. The van der Waals surface area contributed by atoms with Crippen molar-refractivity contribution in [2.75, 3.05) is 6.54 Å². The van der Waals surface area contributed by atoms with E-state index < -0.39 is 15.7 Å². The van der Waals surface area contributed by atoms with Gasteiger partial charge in [-0.15, -0.1) is 0 Å². The first-order valence-corrected chi connectivity index (χ1v) is 15.3. The number of nitrogens with one attached hydrogen (secondary N) is 1. The zero-order chi connectivity index (χ0) is 29.3. The van der Waals surface area contributed by atoms with Crippen molar-refractivity contribution in [1.29, 1.82) is 0 Å². The van der Waals surface area contributed by atoms with Crippen LogP contribution < -0.4 is 5.32 Å². The number of hydrogen-bond donors (Lipinski definition) is 5. The Balaban J connectivity index is 0.000000532. The number of amides is 1. The number of carboxylic acid groups (broad SMARTS) is 2. The second-order valence-corrected chi connectivity index (χ2v) is 15.2. The SMILES string of the molecule is C[C@H](CCC(=O)NCC(=O)O)[C@H]1CC[C@H]2[C@@H]3[C@H](O)C[C@@H]4C[C@H](O)CC[C@]4(C)[C@H]3CC[C@]12C.O=C(O)C(Cl)(Cl)Cl. The standard InChI is InChI=1S/C26H43NO5.C2HCl3O2/c1-15(4-7-22(30)27-14-23(31)32)18-5-6-19-24-20(9-11-26(18,19)3)25(2)10-8-17(28)12-16(25)13-21(24)29;3-2(4,5)1(6)7/h15-21,24,28-29H,4-14H2,1-3H3,(H,27,30)(H,31,32);(H,6,7)/t15-,16+,17-,18-,19+,20+,21-,24+,25+,26-;/m1./s1. The van der Waals surface area contributed by atoms with Crippen molar-refractivity contribution in [1.82, 2.24) is 5.32 Å². The molecule has 11 heteroatoms. The third-order valence-corrected chi connectivity index (χ3v) is 11.4. The average molecular weight is 613 g/mol. The number of fused-ring (bicyclic) bond motifs is 5. The summed E-state index contributed by atoms with van der Waals surface area (Å²) in [4.78, 5) is 32.3. The number of alkyl halides is 3. The Morgan fingerprint density at radius 2 is 1.54 bits per heavy atom. The average Bonchev–Trinajstić information content (AvgIpc) is 3.19. The number of carboxylic acids is 2. The molecular formula is C28H44Cl3NO7. The second kappa shape index (κ2) is 12.6. The highest BCUT2D eigenvalue weighted by Gasteiger charge is 2.62. The first-order valence-electron chi connectivity index (χ1n) is 14.2. The van der Waals surface area contributed by atoms with Gasteiger partial charge in [-0.05, 0) is 104 Å². The molecule has 0 aliphatic heterocycles. The Bertz CT molecular complexity index is 914. The van der Waals surface area contributed by atoms with Crippen LogP contribution in [0.25, 0.3) is 0 Å². The monoisotopic (exact) mass is 611 g/mol. The van der Waals surface area contributed by atoms with Gasteiger partial charge in [-0.25, -0.2) is 4.79 Å². The minimum atomic E-state index is -2.17. The minimum Gasteiger partial charge on any atom is -0.480 e. The van der Waals surface area contributed by atoms with Gasteiger partial charge in [0.2, 0.25) is 5.91 Å². The molecule has 0 heterocycles. The highest BCUT2D eigenvalue weighted by molar-refractivity contribution is 6.75. The van der Waals surface area contributed by atoms with E-state index in [0.717, 1.165) is 44.9 Å². The summed E-state index contributed by atoms with van der Waals surface area (Å²) in [6.45, 7) is 6.83. The normalized spacial score (nSPS) is 40.2. The molecule has 0 bridgehead atoms. The van der Waals surface area contributed by atoms with Crippen molar-refractivity contribution in [3.63, 3.8) is 0 Å². The van der Waals surface area contributed by atoms with E-state index in [2.05, 4.69) is 26.1 Å². The van der Waals surface area contributed by atoms with Crippen LogP contribution in [0, 0.1) is 46.3 Å². The van der Waals surface area contributed by atoms with E-state index >= 15 is 0 Å². The van der Waals surface area contributed by atoms with E-state index in [1.54, 1.807) is 0 Å². The number of halogens is 3. The number of carbonyl (C=O) groups excluding carboxylic acids is 1. The summed E-state index contributed by atoms with van der Waals surface area (Å²) in [5, 5.41) is 40.7. The van der Waals surface area contributed by atoms with Gasteiger partial charge in [0.1, 0.15) is 6.54 Å². The predicted molar refractivity (Wildman–Crippen MR) is 150 cm³/mol. The molecule has 0 radical (unpaired) electrons. The quantitative estimate of drug-likeness (QED) is 0.265. The lowest BCUT2D eigenvalue weighted by atomic mass is 9.43. The van der Waals surface area contributed by atoms with E-state index in [1.807, 2.05) is 0 Å². The van der Waals surface area contributed by atoms with Crippen LogP contribution in [0.4, 0.5) is 0 Å². The topological polar surface area (TPSA) is 144 Å². The summed E-state index contributed by atoms with van der Waals surface area (Å²) in [7, 11) is 0. The molecule has 0 saturated heterocycles. The lowest BCUT2D eigenvalue weighted by molar-refractivity contribution is -0.174. The molecule has 4 saturated carbocycles. The molecule has 4 aliphatic carbocycles. The minimum absolute atomic E-state index is 0.177. The smallest absolute Gasteiger partial charge is 0.356 e. The van der Waals surface area contributed by atoms with E-state index in [0.29, 0.717) is 41.9 Å². The third-order valence-electron chi connectivity index (χ3n) is 10.9. The molecule has 0 aromatic rings. The number of aliphatic carboxylic acids is 2. The van der Waals surface area contributed by atoms with Crippen molar-refractivity contribution >= 4 is 52.6 Å². The van der Waals surface area contributed by atoms with Crippen LogP contribution in [0.2, 0.25) is 0 Å². The highest BCUT2D eigenvalue weighted by atomic mass is 35.6. The number of aliphatic hydroxyl groups is 2. The fourth-order valence-electron chi connectivity index (χ4n) is 9.00. The van der Waals surface area contributed by atoms with Gasteiger partial charge in [0, 0.05) is 6.42 Å². The Hall–Kier alpha value is -0.800. The lowest BCUT2D eigenvalue weighted by Crippen LogP contribution is -2.58. The van der Waals surface area contributed by atoms with Crippen molar-refractivity contribution in [3.05, 3.63) is 0 Å². The maximum Gasteiger partial charge on any atom is 0.356 e. The fourth-order valence-corrected chi connectivity index (χ4v) is 9.00. The molecule has 1 amide bonds. The molecule has 4 aliphatic rings. The van der Waals surface area contributed by atoms with Gasteiger partial charge in [0.15, 0.2) is 0 Å². The fraction of sp³-hybridized carbons (Fsp3) is 0.893. The van der Waals surface area contributed by atoms with Crippen LogP contribution in [-0.4, -0.2) is 60.8 Å². The van der Waals surface area contributed by atoms with Gasteiger partial charge < -0.3 is 25.7 Å². The highest BCUT2D eigenvalue weighted by Crippen LogP contribution is 2.68. The van der Waals surface area contributed by atoms with Crippen LogP contribution in [-0.2, 0) is 14.4 Å². The maximum absolute atomic E-state index is 12.0. The zero-order valence-corrected chi connectivity index (χ0v) is 25.3. The van der Waals surface area contributed by atoms with Crippen molar-refractivity contribution < 1.29 is 34.8 Å². The maximum atomic E-state index is 12.0. The Morgan fingerprint density at radius 1 is 0.949 bits per heavy atom. The summed E-state index contributed by atoms with van der Waals surface area (Å²) in [5.74, 6) is 0.197. The van der Waals surface area contributed by atoms with Crippen molar-refractivity contribution in [2.45, 2.75) is 101 Å². The Labute approximate surface area is 246 Å². The molecule has 4 rings (SSSR count).